The average Bonchev–Trinajstić information content (AvgIpc) is 2.73. The van der Waals surface area contributed by atoms with E-state index in [0.717, 1.165) is 5.69 Å². The van der Waals surface area contributed by atoms with E-state index < -0.39 is 0 Å². The van der Waals surface area contributed by atoms with Gasteiger partial charge in [0.25, 0.3) is 5.91 Å². The highest BCUT2D eigenvalue weighted by Gasteiger charge is 2.05. The molecule has 0 saturated carbocycles. The van der Waals surface area contributed by atoms with Crippen molar-refractivity contribution in [3.63, 3.8) is 0 Å². The predicted octanol–water partition coefficient (Wildman–Crippen LogP) is 0.745. The zero-order chi connectivity index (χ0) is 11.4. The molecule has 0 atom stereocenters. The number of aromatic nitrogens is 3. The first-order valence-corrected chi connectivity index (χ1v) is 4.91. The predicted molar refractivity (Wildman–Crippen MR) is 58.6 cm³/mol. The molecule has 5 heteroatoms. The zero-order valence-corrected chi connectivity index (χ0v) is 8.92. The number of hydrogen-bond donors (Lipinski definition) is 1. The van der Waals surface area contributed by atoms with Crippen molar-refractivity contribution >= 4 is 5.91 Å². The van der Waals surface area contributed by atoms with Crippen LogP contribution in [0.4, 0.5) is 0 Å². The average molecular weight is 216 g/mol. The van der Waals surface area contributed by atoms with E-state index in [9.17, 15) is 4.79 Å². The van der Waals surface area contributed by atoms with Crippen LogP contribution in [0, 0.1) is 0 Å². The minimum atomic E-state index is -0.140. The molecule has 0 aliphatic carbocycles. The Balaban J connectivity index is 1.94. The van der Waals surface area contributed by atoms with Crippen molar-refractivity contribution in [3.05, 3.63) is 48.3 Å². The van der Waals surface area contributed by atoms with Gasteiger partial charge in [0.1, 0.15) is 0 Å². The van der Waals surface area contributed by atoms with Gasteiger partial charge in [-0.2, -0.15) is 0 Å². The number of rotatable bonds is 3. The van der Waals surface area contributed by atoms with Gasteiger partial charge in [-0.15, -0.1) is 0 Å². The molecule has 2 aromatic heterocycles. The highest BCUT2D eigenvalue weighted by atomic mass is 16.1. The molecule has 0 radical (unpaired) electrons. The van der Waals surface area contributed by atoms with E-state index in [2.05, 4.69) is 15.3 Å². The molecule has 82 valence electrons. The number of hydrogen-bond acceptors (Lipinski definition) is 3. The molecular formula is C11H12N4O. The number of carbonyl (C=O) groups is 1. The highest BCUT2D eigenvalue weighted by molar-refractivity contribution is 5.93. The maximum atomic E-state index is 11.6. The second-order valence-corrected chi connectivity index (χ2v) is 3.45. The lowest BCUT2D eigenvalue weighted by molar-refractivity contribution is 0.0950. The standard InChI is InChI=1S/C11H12N4O/c1-15-7-10(14-8-15)6-13-11(16)9-3-2-4-12-5-9/h2-5,7-8H,6H2,1H3,(H,13,16). The minimum absolute atomic E-state index is 0.140. The van der Waals surface area contributed by atoms with Gasteiger partial charge in [-0.05, 0) is 12.1 Å². The Morgan fingerprint density at radius 1 is 1.56 bits per heavy atom. The van der Waals surface area contributed by atoms with Gasteiger partial charge in [0.05, 0.1) is 24.1 Å². The van der Waals surface area contributed by atoms with Crippen molar-refractivity contribution in [2.24, 2.45) is 7.05 Å². The van der Waals surface area contributed by atoms with Crippen LogP contribution in [0.2, 0.25) is 0 Å². The third kappa shape index (κ3) is 2.44. The Bertz CT molecular complexity index is 478. The molecule has 0 unspecified atom stereocenters. The molecule has 5 nitrogen and oxygen atoms in total. The van der Waals surface area contributed by atoms with Crippen LogP contribution in [0.1, 0.15) is 16.1 Å². The summed E-state index contributed by atoms with van der Waals surface area (Å²) in [5, 5.41) is 2.77. The normalized spacial score (nSPS) is 10.1. The van der Waals surface area contributed by atoms with Crippen LogP contribution in [0.5, 0.6) is 0 Å². The van der Waals surface area contributed by atoms with E-state index in [1.54, 1.807) is 24.7 Å². The van der Waals surface area contributed by atoms with Gasteiger partial charge in [-0.3, -0.25) is 9.78 Å². The summed E-state index contributed by atoms with van der Waals surface area (Å²) in [6.07, 6.45) is 6.73. The van der Waals surface area contributed by atoms with Crippen LogP contribution in [-0.4, -0.2) is 20.4 Å². The number of imidazole rings is 1. The first-order valence-electron chi connectivity index (χ1n) is 4.91. The number of nitrogens with zero attached hydrogens (tertiary/aromatic N) is 3. The van der Waals surface area contributed by atoms with Gasteiger partial charge in [0, 0.05) is 25.6 Å². The molecule has 0 aliphatic rings. The molecule has 0 spiro atoms. The maximum absolute atomic E-state index is 11.6. The summed E-state index contributed by atoms with van der Waals surface area (Å²) in [6, 6.07) is 3.45. The molecule has 0 fully saturated rings. The smallest absolute Gasteiger partial charge is 0.253 e. The molecule has 1 N–H and O–H groups in total. The third-order valence-electron chi connectivity index (χ3n) is 2.11. The molecule has 0 bridgehead atoms. The molecular weight excluding hydrogens is 204 g/mol. The van der Waals surface area contributed by atoms with Gasteiger partial charge in [-0.1, -0.05) is 0 Å². The SMILES string of the molecule is Cn1cnc(CNC(=O)c2cccnc2)c1. The molecule has 0 aromatic carbocycles. The summed E-state index contributed by atoms with van der Waals surface area (Å²) in [7, 11) is 1.89. The Morgan fingerprint density at radius 2 is 2.44 bits per heavy atom. The van der Waals surface area contributed by atoms with Gasteiger partial charge in [0.15, 0.2) is 0 Å². The topological polar surface area (TPSA) is 59.8 Å². The fraction of sp³-hybridized carbons (Fsp3) is 0.182. The van der Waals surface area contributed by atoms with Crippen LogP contribution in [0.25, 0.3) is 0 Å². The maximum Gasteiger partial charge on any atom is 0.253 e. The minimum Gasteiger partial charge on any atom is -0.346 e. The lowest BCUT2D eigenvalue weighted by Gasteiger charge is -2.01. The van der Waals surface area contributed by atoms with Crippen LogP contribution < -0.4 is 5.32 Å². The van der Waals surface area contributed by atoms with Crippen molar-refractivity contribution in [3.8, 4) is 0 Å². The second kappa shape index (κ2) is 4.57. The summed E-state index contributed by atoms with van der Waals surface area (Å²) in [4.78, 5) is 19.6. The van der Waals surface area contributed by atoms with E-state index in [-0.39, 0.29) is 5.91 Å². The third-order valence-corrected chi connectivity index (χ3v) is 2.11. The van der Waals surface area contributed by atoms with Crippen LogP contribution >= 0.6 is 0 Å². The zero-order valence-electron chi connectivity index (χ0n) is 8.92. The Kier molecular flexibility index (Phi) is 2.95. The second-order valence-electron chi connectivity index (χ2n) is 3.45. The Morgan fingerprint density at radius 3 is 3.06 bits per heavy atom. The summed E-state index contributed by atoms with van der Waals surface area (Å²) >= 11 is 0. The fourth-order valence-corrected chi connectivity index (χ4v) is 1.33. The van der Waals surface area contributed by atoms with Crippen LogP contribution in [-0.2, 0) is 13.6 Å². The van der Waals surface area contributed by atoms with E-state index in [0.29, 0.717) is 12.1 Å². The van der Waals surface area contributed by atoms with Crippen molar-refractivity contribution in [1.29, 1.82) is 0 Å². The van der Waals surface area contributed by atoms with Gasteiger partial charge < -0.3 is 9.88 Å². The fourth-order valence-electron chi connectivity index (χ4n) is 1.33. The van der Waals surface area contributed by atoms with Crippen LogP contribution in [0.3, 0.4) is 0 Å². The summed E-state index contributed by atoms with van der Waals surface area (Å²) in [6.45, 7) is 0.425. The molecule has 1 amide bonds. The molecule has 2 heterocycles. The number of amides is 1. The quantitative estimate of drug-likeness (QED) is 0.823. The number of nitrogens with one attached hydrogen (secondary N) is 1. The molecule has 2 aromatic rings. The lowest BCUT2D eigenvalue weighted by Crippen LogP contribution is -2.22. The molecule has 16 heavy (non-hydrogen) atoms. The summed E-state index contributed by atoms with van der Waals surface area (Å²) in [5.41, 5.74) is 1.39. The van der Waals surface area contributed by atoms with E-state index >= 15 is 0 Å². The lowest BCUT2D eigenvalue weighted by atomic mass is 10.2. The highest BCUT2D eigenvalue weighted by Crippen LogP contribution is 1.97. The van der Waals surface area contributed by atoms with Gasteiger partial charge >= 0.3 is 0 Å². The number of aryl methyl sites for hydroxylation is 1. The van der Waals surface area contributed by atoms with Crippen molar-refractivity contribution in [1.82, 2.24) is 19.9 Å². The number of carbonyl (C=O) groups excluding carboxylic acids is 1. The van der Waals surface area contributed by atoms with Gasteiger partial charge in [0.2, 0.25) is 0 Å². The molecule has 2 rings (SSSR count). The largest absolute Gasteiger partial charge is 0.346 e. The van der Waals surface area contributed by atoms with Crippen molar-refractivity contribution < 1.29 is 4.79 Å². The number of pyridine rings is 1. The van der Waals surface area contributed by atoms with E-state index in [1.807, 2.05) is 17.8 Å². The molecule has 0 aliphatic heterocycles. The van der Waals surface area contributed by atoms with Crippen molar-refractivity contribution in [2.75, 3.05) is 0 Å². The monoisotopic (exact) mass is 216 g/mol. The first kappa shape index (κ1) is 10.4. The first-order chi connectivity index (χ1) is 7.75. The van der Waals surface area contributed by atoms with E-state index in [1.165, 1.54) is 6.20 Å². The van der Waals surface area contributed by atoms with E-state index in [4.69, 9.17) is 0 Å². The summed E-state index contributed by atoms with van der Waals surface area (Å²) in [5.74, 6) is -0.140. The van der Waals surface area contributed by atoms with Gasteiger partial charge in [-0.25, -0.2) is 4.98 Å². The van der Waals surface area contributed by atoms with Crippen LogP contribution in [0.15, 0.2) is 37.1 Å². The Labute approximate surface area is 93.2 Å². The molecule has 0 saturated heterocycles. The Hall–Kier alpha value is -2.17. The summed E-state index contributed by atoms with van der Waals surface area (Å²) < 4.78 is 1.84. The van der Waals surface area contributed by atoms with Crippen molar-refractivity contribution in [2.45, 2.75) is 6.54 Å².